The molecule has 0 aliphatic carbocycles. The Kier molecular flexibility index (Phi) is 4.55. The van der Waals surface area contributed by atoms with E-state index >= 15 is 0 Å². The van der Waals surface area contributed by atoms with Crippen molar-refractivity contribution < 1.29 is 18.7 Å². The van der Waals surface area contributed by atoms with Crippen LogP contribution in [-0.4, -0.2) is 43.9 Å². The minimum absolute atomic E-state index is 0.228. The normalized spacial score (nSPS) is 18.4. The van der Waals surface area contributed by atoms with Gasteiger partial charge < -0.3 is 5.11 Å². The molecular formula is C22H18F2N4O3. The molecule has 1 amide bonds. The summed E-state index contributed by atoms with van der Waals surface area (Å²) in [6, 6.07) is 11.9. The Morgan fingerprint density at radius 2 is 1.65 bits per heavy atom. The fourth-order valence-electron chi connectivity index (χ4n) is 4.48. The van der Waals surface area contributed by atoms with Crippen LogP contribution in [-0.2, 0) is 0 Å². The molecule has 0 saturated carbocycles. The first-order valence-electron chi connectivity index (χ1n) is 9.86. The second-order valence-corrected chi connectivity index (χ2v) is 7.60. The maximum atomic E-state index is 14.2. The van der Waals surface area contributed by atoms with Gasteiger partial charge >= 0.3 is 0 Å². The summed E-state index contributed by atoms with van der Waals surface area (Å²) < 4.78 is 29.6. The minimum atomic E-state index is -0.765. The molecule has 0 bridgehead atoms. The molecule has 1 fully saturated rings. The van der Waals surface area contributed by atoms with Crippen LogP contribution in [0.5, 0.6) is 5.75 Å². The van der Waals surface area contributed by atoms with Gasteiger partial charge in [0.1, 0.15) is 17.8 Å². The van der Waals surface area contributed by atoms with Gasteiger partial charge in [0.15, 0.2) is 11.4 Å². The lowest BCUT2D eigenvalue weighted by Gasteiger charge is -2.44. The molecule has 7 nitrogen and oxygen atoms in total. The first-order chi connectivity index (χ1) is 15.0. The molecule has 1 saturated heterocycles. The highest BCUT2D eigenvalue weighted by Crippen LogP contribution is 2.43. The molecule has 9 heteroatoms. The molecule has 3 heterocycles. The van der Waals surface area contributed by atoms with Crippen LogP contribution >= 0.6 is 0 Å². The Hall–Kier alpha value is -3.59. The van der Waals surface area contributed by atoms with Gasteiger partial charge in [0.25, 0.3) is 5.91 Å². The van der Waals surface area contributed by atoms with Crippen molar-refractivity contribution in [1.82, 2.24) is 19.8 Å². The van der Waals surface area contributed by atoms with Crippen molar-refractivity contribution in [3.63, 3.8) is 0 Å². The third-order valence-corrected chi connectivity index (χ3v) is 5.76. The van der Waals surface area contributed by atoms with Crippen molar-refractivity contribution >= 4 is 5.91 Å². The van der Waals surface area contributed by atoms with E-state index in [1.54, 1.807) is 29.3 Å². The molecule has 1 unspecified atom stereocenters. The summed E-state index contributed by atoms with van der Waals surface area (Å²) in [4.78, 5) is 25.1. The fourth-order valence-corrected chi connectivity index (χ4v) is 4.48. The third-order valence-electron chi connectivity index (χ3n) is 5.76. The molecule has 2 aromatic carbocycles. The Bertz CT molecular complexity index is 1200. The summed E-state index contributed by atoms with van der Waals surface area (Å²) in [5.74, 6) is -2.78. The van der Waals surface area contributed by atoms with Gasteiger partial charge in [-0.05, 0) is 41.8 Å². The number of amides is 1. The van der Waals surface area contributed by atoms with Crippen molar-refractivity contribution in [2.24, 2.45) is 0 Å². The van der Waals surface area contributed by atoms with E-state index in [2.05, 4.69) is 5.10 Å². The van der Waals surface area contributed by atoms with Gasteiger partial charge in [0.2, 0.25) is 5.43 Å². The molecule has 2 aliphatic rings. The molecule has 158 valence electrons. The summed E-state index contributed by atoms with van der Waals surface area (Å²) in [6.45, 7) is 0.905. The van der Waals surface area contributed by atoms with Gasteiger partial charge in [-0.1, -0.05) is 24.3 Å². The van der Waals surface area contributed by atoms with Crippen LogP contribution in [0.15, 0.2) is 59.5 Å². The Morgan fingerprint density at radius 3 is 2.26 bits per heavy atom. The monoisotopic (exact) mass is 424 g/mol. The zero-order chi connectivity index (χ0) is 21.7. The molecule has 0 radical (unpaired) electrons. The number of aromatic hydroxyl groups is 1. The Balaban J connectivity index is 1.79. The number of hydrazine groups is 1. The SMILES string of the molecule is O=C1c2c(O)c(=O)cnn2C(C(c2cccc(F)c2)c2cccc(F)c2)N2CCCN12. The summed E-state index contributed by atoms with van der Waals surface area (Å²) in [5.41, 5.74) is 0.0954. The van der Waals surface area contributed by atoms with Crippen LogP contribution < -0.4 is 5.43 Å². The van der Waals surface area contributed by atoms with E-state index in [1.807, 2.05) is 0 Å². The lowest BCUT2D eigenvalue weighted by molar-refractivity contribution is -0.0542. The highest BCUT2D eigenvalue weighted by molar-refractivity contribution is 5.95. The second kappa shape index (κ2) is 7.28. The summed E-state index contributed by atoms with van der Waals surface area (Å²) in [5, 5.41) is 17.8. The number of carbonyl (C=O) groups is 1. The number of hydrogen-bond acceptors (Lipinski definition) is 5. The molecule has 0 spiro atoms. The molecule has 3 aromatic rings. The number of benzene rings is 2. The zero-order valence-electron chi connectivity index (χ0n) is 16.3. The summed E-state index contributed by atoms with van der Waals surface area (Å²) in [7, 11) is 0. The summed E-state index contributed by atoms with van der Waals surface area (Å²) in [6.07, 6.45) is 0.880. The van der Waals surface area contributed by atoms with Gasteiger partial charge in [0, 0.05) is 19.0 Å². The van der Waals surface area contributed by atoms with Crippen molar-refractivity contribution in [2.75, 3.05) is 13.1 Å². The number of aromatic nitrogens is 2. The average molecular weight is 424 g/mol. The van der Waals surface area contributed by atoms with E-state index in [0.29, 0.717) is 30.6 Å². The molecule has 31 heavy (non-hydrogen) atoms. The van der Waals surface area contributed by atoms with Crippen LogP contribution in [0.1, 0.15) is 40.1 Å². The number of carbonyl (C=O) groups excluding carboxylic acids is 1. The largest absolute Gasteiger partial charge is 0.502 e. The number of hydrogen-bond donors (Lipinski definition) is 1. The number of halogens is 2. The van der Waals surface area contributed by atoms with Gasteiger partial charge in [-0.3, -0.25) is 14.6 Å². The smallest absolute Gasteiger partial charge is 0.290 e. The number of nitrogens with zero attached hydrogens (tertiary/aromatic N) is 4. The first-order valence-corrected chi connectivity index (χ1v) is 9.86. The van der Waals surface area contributed by atoms with E-state index in [1.165, 1.54) is 34.0 Å². The number of fused-ring (bicyclic) bond motifs is 2. The Morgan fingerprint density at radius 1 is 1.00 bits per heavy atom. The Labute approximate surface area is 175 Å². The molecule has 1 atom stereocenters. The molecular weight excluding hydrogens is 406 g/mol. The maximum absolute atomic E-state index is 14.2. The predicted octanol–water partition coefficient (Wildman–Crippen LogP) is 2.63. The highest BCUT2D eigenvalue weighted by Gasteiger charge is 2.46. The van der Waals surface area contributed by atoms with E-state index in [4.69, 9.17) is 0 Å². The predicted molar refractivity (Wildman–Crippen MR) is 106 cm³/mol. The molecule has 1 aromatic heterocycles. The lowest BCUT2D eigenvalue weighted by Crippen LogP contribution is -2.54. The van der Waals surface area contributed by atoms with Gasteiger partial charge in [-0.25, -0.2) is 13.5 Å². The third kappa shape index (κ3) is 3.09. The van der Waals surface area contributed by atoms with Crippen LogP contribution in [0.2, 0.25) is 0 Å². The van der Waals surface area contributed by atoms with Crippen LogP contribution in [0, 0.1) is 11.6 Å². The quantitative estimate of drug-likeness (QED) is 0.700. The lowest BCUT2D eigenvalue weighted by atomic mass is 9.87. The molecule has 1 N–H and O–H groups in total. The standard InChI is InChI=1S/C22H18F2N4O3/c23-15-6-1-4-13(10-15)18(14-5-2-7-16(24)11-14)21-26-8-3-9-27(26)22(31)19-20(30)17(29)12-25-28(19)21/h1-2,4-7,10-12,18,21,30H,3,8-9H2. The minimum Gasteiger partial charge on any atom is -0.502 e. The fraction of sp³-hybridized carbons (Fsp3) is 0.227. The second-order valence-electron chi connectivity index (χ2n) is 7.60. The van der Waals surface area contributed by atoms with Crippen molar-refractivity contribution in [2.45, 2.75) is 18.5 Å². The van der Waals surface area contributed by atoms with Crippen molar-refractivity contribution in [1.29, 1.82) is 0 Å². The topological polar surface area (TPSA) is 78.7 Å². The van der Waals surface area contributed by atoms with Gasteiger partial charge in [-0.15, -0.1) is 0 Å². The van der Waals surface area contributed by atoms with E-state index in [0.717, 1.165) is 6.20 Å². The number of rotatable bonds is 3. The van der Waals surface area contributed by atoms with Crippen LogP contribution in [0.25, 0.3) is 0 Å². The van der Waals surface area contributed by atoms with Gasteiger partial charge in [-0.2, -0.15) is 10.1 Å². The van der Waals surface area contributed by atoms with E-state index < -0.39 is 40.8 Å². The van der Waals surface area contributed by atoms with Crippen LogP contribution in [0.4, 0.5) is 8.78 Å². The summed E-state index contributed by atoms with van der Waals surface area (Å²) >= 11 is 0. The van der Waals surface area contributed by atoms with E-state index in [-0.39, 0.29) is 5.69 Å². The zero-order valence-corrected chi connectivity index (χ0v) is 16.3. The average Bonchev–Trinajstić information content (AvgIpc) is 3.23. The van der Waals surface area contributed by atoms with Crippen molar-refractivity contribution in [3.05, 3.63) is 93.4 Å². The highest BCUT2D eigenvalue weighted by atomic mass is 19.1. The van der Waals surface area contributed by atoms with Crippen LogP contribution in [0.3, 0.4) is 0 Å². The molecule has 5 rings (SSSR count). The van der Waals surface area contributed by atoms with E-state index in [9.17, 15) is 23.5 Å². The van der Waals surface area contributed by atoms with Crippen molar-refractivity contribution in [3.8, 4) is 5.75 Å². The first kappa shape index (κ1) is 19.4. The maximum Gasteiger partial charge on any atom is 0.290 e. The molecule has 2 aliphatic heterocycles. The van der Waals surface area contributed by atoms with Gasteiger partial charge in [0.05, 0.1) is 6.20 Å².